The number of hydrogen-bond donors (Lipinski definition) is 1. The molecule has 1 aliphatic heterocycles. The summed E-state index contributed by atoms with van der Waals surface area (Å²) in [5.74, 6) is 0.876. The van der Waals surface area contributed by atoms with Crippen molar-refractivity contribution in [3.8, 4) is 0 Å². The Morgan fingerprint density at radius 2 is 2.04 bits per heavy atom. The van der Waals surface area contributed by atoms with Crippen molar-refractivity contribution in [2.45, 2.75) is 51.1 Å². The number of aromatic nitrogens is 4. The summed E-state index contributed by atoms with van der Waals surface area (Å²) in [7, 11) is 1.85. The summed E-state index contributed by atoms with van der Waals surface area (Å²) in [6.45, 7) is 1.86. The molecule has 1 atom stereocenters. The second-order valence-corrected chi connectivity index (χ2v) is 7.81. The molecule has 0 amide bonds. The zero-order valence-corrected chi connectivity index (χ0v) is 15.7. The summed E-state index contributed by atoms with van der Waals surface area (Å²) in [5, 5.41) is 8.57. The van der Waals surface area contributed by atoms with Crippen LogP contribution in [0, 0.1) is 0 Å². The van der Waals surface area contributed by atoms with Crippen molar-refractivity contribution in [1.29, 1.82) is 0 Å². The van der Waals surface area contributed by atoms with Crippen LogP contribution in [0.15, 0.2) is 29.1 Å². The fraction of sp³-hybridized carbons (Fsp3) is 0.476. The average molecular weight is 363 g/mol. The second kappa shape index (κ2) is 6.60. The number of likely N-dealkylation sites (tertiary alicyclic amines) is 1. The number of fused-ring (bicyclic) bond motifs is 2. The number of nitrogens with zero attached hydrogens (tertiary/aromatic N) is 4. The van der Waals surface area contributed by atoms with Crippen LogP contribution in [0.4, 0.5) is 0 Å². The Morgan fingerprint density at radius 1 is 1.19 bits per heavy atom. The molecule has 1 aliphatic carbocycles. The molecule has 0 bridgehead atoms. The van der Waals surface area contributed by atoms with E-state index in [0.29, 0.717) is 5.39 Å². The van der Waals surface area contributed by atoms with Crippen LogP contribution in [0.3, 0.4) is 0 Å². The molecule has 1 unspecified atom stereocenters. The van der Waals surface area contributed by atoms with Crippen molar-refractivity contribution in [3.05, 3.63) is 57.4 Å². The lowest BCUT2D eigenvalue weighted by molar-refractivity contribution is 0.231. The normalized spacial score (nSPS) is 20.3. The van der Waals surface area contributed by atoms with Crippen LogP contribution < -0.4 is 5.56 Å². The zero-order chi connectivity index (χ0) is 18.4. The van der Waals surface area contributed by atoms with Crippen molar-refractivity contribution in [2.24, 2.45) is 7.05 Å². The number of aryl methyl sites for hydroxylation is 1. The summed E-state index contributed by atoms with van der Waals surface area (Å²) in [6.07, 6.45) is 6.91. The third-order valence-corrected chi connectivity index (χ3v) is 6.17. The Labute approximate surface area is 158 Å². The Morgan fingerprint density at radius 3 is 2.96 bits per heavy atom. The van der Waals surface area contributed by atoms with E-state index in [1.807, 2.05) is 31.3 Å². The number of rotatable bonds is 3. The van der Waals surface area contributed by atoms with Crippen molar-refractivity contribution in [3.63, 3.8) is 0 Å². The van der Waals surface area contributed by atoms with Gasteiger partial charge in [0.25, 0.3) is 5.56 Å². The summed E-state index contributed by atoms with van der Waals surface area (Å²) < 4.78 is 1.74. The van der Waals surface area contributed by atoms with Crippen molar-refractivity contribution >= 4 is 10.9 Å². The van der Waals surface area contributed by atoms with E-state index in [-0.39, 0.29) is 11.6 Å². The van der Waals surface area contributed by atoms with Gasteiger partial charge in [0.15, 0.2) is 0 Å². The van der Waals surface area contributed by atoms with Crippen LogP contribution in [0.1, 0.15) is 54.5 Å². The summed E-state index contributed by atoms with van der Waals surface area (Å²) in [5.41, 5.74) is 4.76. The molecular weight excluding hydrogens is 338 g/mol. The summed E-state index contributed by atoms with van der Waals surface area (Å²) >= 11 is 0. The number of aromatic amines is 1. The van der Waals surface area contributed by atoms with Gasteiger partial charge in [-0.05, 0) is 62.8 Å². The molecule has 0 saturated carbocycles. The second-order valence-electron chi connectivity index (χ2n) is 7.81. The lowest BCUT2D eigenvalue weighted by Crippen LogP contribution is -2.31. The highest BCUT2D eigenvalue weighted by molar-refractivity contribution is 5.77. The van der Waals surface area contributed by atoms with Crippen LogP contribution in [0.2, 0.25) is 0 Å². The van der Waals surface area contributed by atoms with Gasteiger partial charge in [-0.1, -0.05) is 12.1 Å². The predicted octanol–water partition coefficient (Wildman–Crippen LogP) is 2.87. The lowest BCUT2D eigenvalue weighted by Gasteiger charge is -2.25. The van der Waals surface area contributed by atoms with E-state index >= 15 is 0 Å². The van der Waals surface area contributed by atoms with E-state index in [2.05, 4.69) is 15.1 Å². The van der Waals surface area contributed by atoms with Gasteiger partial charge in [0.2, 0.25) is 0 Å². The highest BCUT2D eigenvalue weighted by Gasteiger charge is 2.31. The average Bonchev–Trinajstić information content (AvgIpc) is 3.32. The molecule has 1 aromatic carbocycles. The number of H-pyrrole nitrogens is 1. The summed E-state index contributed by atoms with van der Waals surface area (Å²) in [6, 6.07) is 7.80. The highest BCUT2D eigenvalue weighted by atomic mass is 16.1. The Kier molecular flexibility index (Phi) is 4.08. The van der Waals surface area contributed by atoms with Gasteiger partial charge >= 0.3 is 0 Å². The molecule has 0 radical (unpaired) electrons. The summed E-state index contributed by atoms with van der Waals surface area (Å²) in [4.78, 5) is 20.1. The van der Waals surface area contributed by atoms with E-state index in [9.17, 15) is 4.79 Å². The molecule has 1 saturated heterocycles. The van der Waals surface area contributed by atoms with Gasteiger partial charge < -0.3 is 0 Å². The smallest absolute Gasteiger partial charge is 0.261 e. The van der Waals surface area contributed by atoms with Gasteiger partial charge in [0, 0.05) is 19.3 Å². The fourth-order valence-electron chi connectivity index (χ4n) is 4.71. The number of para-hydroxylation sites is 1. The molecular formula is C21H25N5O. The van der Waals surface area contributed by atoms with Crippen LogP contribution >= 0.6 is 0 Å². The molecule has 1 fully saturated rings. The third kappa shape index (κ3) is 2.79. The fourth-order valence-corrected chi connectivity index (χ4v) is 4.71. The largest absolute Gasteiger partial charge is 0.298 e. The van der Waals surface area contributed by atoms with E-state index in [1.54, 1.807) is 4.57 Å². The topological polar surface area (TPSA) is 66.8 Å². The number of nitrogens with one attached hydrogen (secondary N) is 1. The van der Waals surface area contributed by atoms with Gasteiger partial charge in [0.1, 0.15) is 5.82 Å². The van der Waals surface area contributed by atoms with Crippen LogP contribution in [-0.2, 0) is 26.4 Å². The molecule has 2 aliphatic rings. The molecule has 3 aromatic rings. The zero-order valence-electron chi connectivity index (χ0n) is 15.7. The first kappa shape index (κ1) is 16.7. The van der Waals surface area contributed by atoms with E-state index in [0.717, 1.165) is 50.1 Å². The first-order chi connectivity index (χ1) is 13.2. The van der Waals surface area contributed by atoms with E-state index in [4.69, 9.17) is 4.98 Å². The minimum atomic E-state index is 0.0413. The van der Waals surface area contributed by atoms with Crippen LogP contribution in [0.25, 0.3) is 10.9 Å². The maximum absolute atomic E-state index is 12.8. The number of hydrogen-bond acceptors (Lipinski definition) is 4. The van der Waals surface area contributed by atoms with Crippen LogP contribution in [0.5, 0.6) is 0 Å². The van der Waals surface area contributed by atoms with Gasteiger partial charge in [0.05, 0.1) is 22.6 Å². The van der Waals surface area contributed by atoms with Crippen molar-refractivity contribution < 1.29 is 0 Å². The Bertz CT molecular complexity index is 1050. The molecule has 5 rings (SSSR count). The molecule has 6 heteroatoms. The standard InChI is InChI=1S/C21H25N5O/c1-25-20(22-16-9-4-3-8-15(16)21(25)27)19-11-6-12-26(19)13-18-14-7-2-5-10-17(14)23-24-18/h3-4,8-9,19H,2,5-7,10-13H2,1H3,(H,23,24). The quantitative estimate of drug-likeness (QED) is 0.777. The Balaban J connectivity index is 1.50. The molecule has 2 aromatic heterocycles. The monoisotopic (exact) mass is 363 g/mol. The first-order valence-electron chi connectivity index (χ1n) is 9.97. The van der Waals surface area contributed by atoms with E-state index < -0.39 is 0 Å². The van der Waals surface area contributed by atoms with E-state index in [1.165, 1.54) is 29.8 Å². The SMILES string of the molecule is Cn1c(C2CCCN2Cc2n[nH]c3c2CCCC3)nc2ccccc2c1=O. The molecule has 140 valence electrons. The molecule has 6 nitrogen and oxygen atoms in total. The van der Waals surface area contributed by atoms with Gasteiger partial charge in [-0.15, -0.1) is 0 Å². The van der Waals surface area contributed by atoms with Crippen LogP contribution in [-0.4, -0.2) is 31.2 Å². The Hall–Kier alpha value is -2.47. The van der Waals surface area contributed by atoms with Gasteiger partial charge in [-0.3, -0.25) is 19.4 Å². The van der Waals surface area contributed by atoms with Crippen molar-refractivity contribution in [1.82, 2.24) is 24.6 Å². The maximum atomic E-state index is 12.8. The maximum Gasteiger partial charge on any atom is 0.261 e. The minimum Gasteiger partial charge on any atom is -0.298 e. The molecule has 1 N–H and O–H groups in total. The number of benzene rings is 1. The molecule has 0 spiro atoms. The highest BCUT2D eigenvalue weighted by Crippen LogP contribution is 2.33. The van der Waals surface area contributed by atoms with Gasteiger partial charge in [-0.25, -0.2) is 4.98 Å². The minimum absolute atomic E-state index is 0.0413. The first-order valence-corrected chi connectivity index (χ1v) is 9.97. The van der Waals surface area contributed by atoms with Crippen molar-refractivity contribution in [2.75, 3.05) is 6.54 Å². The lowest BCUT2D eigenvalue weighted by atomic mass is 9.96. The van der Waals surface area contributed by atoms with Gasteiger partial charge in [-0.2, -0.15) is 5.10 Å². The molecule has 27 heavy (non-hydrogen) atoms. The molecule has 3 heterocycles. The predicted molar refractivity (Wildman–Crippen MR) is 105 cm³/mol. The third-order valence-electron chi connectivity index (χ3n) is 6.17.